The SMILES string of the molecule is C=CCOC(=O)C1=C(C)N=C2SC(C)C(=O)N2C1c1ccc(OCC)c(OCC)c1. The lowest BCUT2D eigenvalue weighted by molar-refractivity contribution is -0.139. The lowest BCUT2D eigenvalue weighted by atomic mass is 9.94. The van der Waals surface area contributed by atoms with E-state index < -0.39 is 12.0 Å². The topological polar surface area (TPSA) is 77.4 Å². The molecule has 2 atom stereocenters. The fraction of sp³-hybridized carbons (Fsp3) is 0.409. The van der Waals surface area contributed by atoms with Crippen molar-refractivity contribution in [2.75, 3.05) is 19.8 Å². The van der Waals surface area contributed by atoms with Crippen LogP contribution in [0.2, 0.25) is 0 Å². The fourth-order valence-electron chi connectivity index (χ4n) is 3.43. The summed E-state index contributed by atoms with van der Waals surface area (Å²) in [6, 6.07) is 4.80. The Hall–Kier alpha value is -2.74. The maximum atomic E-state index is 13.0. The summed E-state index contributed by atoms with van der Waals surface area (Å²) in [6.07, 6.45) is 1.50. The molecule has 0 spiro atoms. The predicted molar refractivity (Wildman–Crippen MR) is 117 cm³/mol. The molecule has 1 amide bonds. The van der Waals surface area contributed by atoms with Crippen molar-refractivity contribution < 1.29 is 23.8 Å². The number of amidine groups is 1. The summed E-state index contributed by atoms with van der Waals surface area (Å²) in [4.78, 5) is 32.0. The van der Waals surface area contributed by atoms with E-state index >= 15 is 0 Å². The van der Waals surface area contributed by atoms with Crippen LogP contribution in [0.5, 0.6) is 11.5 Å². The Morgan fingerprint density at radius 3 is 2.63 bits per heavy atom. The van der Waals surface area contributed by atoms with Crippen molar-refractivity contribution in [3.05, 3.63) is 47.7 Å². The normalized spacial score (nSPS) is 20.6. The first-order valence-electron chi connectivity index (χ1n) is 9.89. The quantitative estimate of drug-likeness (QED) is 0.460. The van der Waals surface area contributed by atoms with E-state index in [4.69, 9.17) is 14.2 Å². The maximum absolute atomic E-state index is 13.0. The van der Waals surface area contributed by atoms with Crippen molar-refractivity contribution in [3.63, 3.8) is 0 Å². The highest BCUT2D eigenvalue weighted by Crippen LogP contribution is 2.44. The van der Waals surface area contributed by atoms with Gasteiger partial charge < -0.3 is 14.2 Å². The van der Waals surface area contributed by atoms with Crippen LogP contribution in [-0.4, -0.2) is 47.0 Å². The molecule has 1 fully saturated rings. The molecule has 7 nitrogen and oxygen atoms in total. The number of ether oxygens (including phenoxy) is 3. The molecule has 0 aromatic heterocycles. The molecule has 0 radical (unpaired) electrons. The molecule has 0 aliphatic carbocycles. The summed E-state index contributed by atoms with van der Waals surface area (Å²) in [6.45, 7) is 12.0. The van der Waals surface area contributed by atoms with E-state index in [0.717, 1.165) is 5.56 Å². The minimum atomic E-state index is -0.658. The van der Waals surface area contributed by atoms with Crippen LogP contribution in [0.1, 0.15) is 39.3 Å². The number of rotatable bonds is 8. The third-order valence-electron chi connectivity index (χ3n) is 4.69. The van der Waals surface area contributed by atoms with Crippen molar-refractivity contribution in [1.82, 2.24) is 4.90 Å². The summed E-state index contributed by atoms with van der Waals surface area (Å²) in [5.41, 5.74) is 1.58. The monoisotopic (exact) mass is 430 g/mol. The van der Waals surface area contributed by atoms with Crippen LogP contribution in [0.15, 0.2) is 47.1 Å². The van der Waals surface area contributed by atoms with E-state index in [2.05, 4.69) is 11.6 Å². The van der Waals surface area contributed by atoms with Gasteiger partial charge in [-0.3, -0.25) is 9.69 Å². The van der Waals surface area contributed by atoms with Gasteiger partial charge in [0, 0.05) is 0 Å². The second kappa shape index (κ2) is 9.38. The van der Waals surface area contributed by atoms with Crippen LogP contribution >= 0.6 is 11.8 Å². The Bertz CT molecular complexity index is 924. The Kier molecular flexibility index (Phi) is 6.87. The molecule has 1 aromatic carbocycles. The summed E-state index contributed by atoms with van der Waals surface area (Å²) in [7, 11) is 0. The number of allylic oxidation sites excluding steroid dienone is 1. The number of hydrogen-bond acceptors (Lipinski definition) is 7. The number of benzene rings is 1. The molecule has 2 unspecified atom stereocenters. The van der Waals surface area contributed by atoms with E-state index in [1.807, 2.05) is 32.9 Å². The number of hydrogen-bond donors (Lipinski definition) is 0. The summed E-state index contributed by atoms with van der Waals surface area (Å²) >= 11 is 1.39. The Morgan fingerprint density at radius 2 is 1.97 bits per heavy atom. The molecular formula is C22H26N2O5S. The van der Waals surface area contributed by atoms with E-state index in [9.17, 15) is 9.59 Å². The molecule has 30 heavy (non-hydrogen) atoms. The van der Waals surface area contributed by atoms with Gasteiger partial charge in [0.1, 0.15) is 6.61 Å². The number of fused-ring (bicyclic) bond motifs is 1. The number of carbonyl (C=O) groups is 2. The number of esters is 1. The van der Waals surface area contributed by atoms with Gasteiger partial charge in [-0.15, -0.1) is 0 Å². The lowest BCUT2D eigenvalue weighted by Gasteiger charge is -2.33. The smallest absolute Gasteiger partial charge is 0.338 e. The van der Waals surface area contributed by atoms with Crippen molar-refractivity contribution in [1.29, 1.82) is 0 Å². The largest absolute Gasteiger partial charge is 0.490 e. The molecule has 160 valence electrons. The van der Waals surface area contributed by atoms with Crippen molar-refractivity contribution in [2.24, 2.45) is 4.99 Å². The van der Waals surface area contributed by atoms with Gasteiger partial charge in [-0.1, -0.05) is 30.5 Å². The Morgan fingerprint density at radius 1 is 1.27 bits per heavy atom. The average Bonchev–Trinajstić information content (AvgIpc) is 3.00. The van der Waals surface area contributed by atoms with Crippen molar-refractivity contribution in [2.45, 2.75) is 39.0 Å². The molecule has 1 saturated heterocycles. The molecular weight excluding hydrogens is 404 g/mol. The number of nitrogens with zero attached hydrogens (tertiary/aromatic N) is 2. The van der Waals surface area contributed by atoms with Crippen LogP contribution in [0, 0.1) is 0 Å². The maximum Gasteiger partial charge on any atom is 0.338 e. The number of aliphatic imine (C=N–C) groups is 1. The molecule has 2 aliphatic heterocycles. The average molecular weight is 431 g/mol. The zero-order valence-electron chi connectivity index (χ0n) is 17.6. The highest BCUT2D eigenvalue weighted by molar-refractivity contribution is 8.15. The van der Waals surface area contributed by atoms with Crippen LogP contribution in [0.25, 0.3) is 0 Å². The van der Waals surface area contributed by atoms with Crippen molar-refractivity contribution >= 4 is 28.8 Å². The third kappa shape index (κ3) is 4.09. The number of thioether (sulfide) groups is 1. The number of amides is 1. The Labute approximate surface area is 180 Å². The molecule has 1 aromatic rings. The summed E-state index contributed by atoms with van der Waals surface area (Å²) in [5, 5.41) is 0.304. The molecule has 0 bridgehead atoms. The minimum Gasteiger partial charge on any atom is -0.490 e. The molecule has 2 heterocycles. The lowest BCUT2D eigenvalue weighted by Crippen LogP contribution is -2.40. The van der Waals surface area contributed by atoms with E-state index in [1.54, 1.807) is 17.9 Å². The minimum absolute atomic E-state index is 0.0749. The molecule has 2 aliphatic rings. The first kappa shape index (κ1) is 22.0. The Balaban J connectivity index is 2.13. The molecule has 8 heteroatoms. The van der Waals surface area contributed by atoms with Gasteiger partial charge in [0.25, 0.3) is 0 Å². The van der Waals surface area contributed by atoms with Gasteiger partial charge in [0.15, 0.2) is 16.7 Å². The summed E-state index contributed by atoms with van der Waals surface area (Å²) in [5.74, 6) is 0.547. The first-order valence-corrected chi connectivity index (χ1v) is 10.8. The van der Waals surface area contributed by atoms with Gasteiger partial charge >= 0.3 is 5.97 Å². The van der Waals surface area contributed by atoms with Gasteiger partial charge in [-0.25, -0.2) is 9.79 Å². The number of carbonyl (C=O) groups excluding carboxylic acids is 2. The van der Waals surface area contributed by atoms with E-state index in [0.29, 0.717) is 41.2 Å². The second-order valence-electron chi connectivity index (χ2n) is 6.72. The fourth-order valence-corrected chi connectivity index (χ4v) is 4.46. The van der Waals surface area contributed by atoms with Gasteiger partial charge in [-0.2, -0.15) is 0 Å². The van der Waals surface area contributed by atoms with Gasteiger partial charge in [0.05, 0.1) is 35.8 Å². The van der Waals surface area contributed by atoms with Crippen LogP contribution in [0.4, 0.5) is 0 Å². The molecule has 0 saturated carbocycles. The van der Waals surface area contributed by atoms with Gasteiger partial charge in [-0.05, 0) is 45.4 Å². The van der Waals surface area contributed by atoms with Crippen LogP contribution in [-0.2, 0) is 14.3 Å². The van der Waals surface area contributed by atoms with Crippen molar-refractivity contribution in [3.8, 4) is 11.5 Å². The third-order valence-corrected chi connectivity index (χ3v) is 5.75. The van der Waals surface area contributed by atoms with E-state index in [-0.39, 0.29) is 17.8 Å². The van der Waals surface area contributed by atoms with Crippen LogP contribution < -0.4 is 9.47 Å². The highest BCUT2D eigenvalue weighted by Gasteiger charge is 2.46. The zero-order chi connectivity index (χ0) is 21.8. The first-order chi connectivity index (χ1) is 14.4. The zero-order valence-corrected chi connectivity index (χ0v) is 18.5. The van der Waals surface area contributed by atoms with Crippen LogP contribution in [0.3, 0.4) is 0 Å². The standard InChI is InChI=1S/C22H26N2O5S/c1-6-11-29-21(26)18-13(4)23-22-24(20(25)14(5)30-22)19(18)15-9-10-16(27-7-2)17(12-15)28-8-3/h6,9-10,12,14,19H,1,7-8,11H2,2-5H3. The molecule has 0 N–H and O–H groups in total. The molecule has 3 rings (SSSR count). The van der Waals surface area contributed by atoms with E-state index in [1.165, 1.54) is 17.8 Å². The summed E-state index contributed by atoms with van der Waals surface area (Å²) < 4.78 is 16.7. The highest BCUT2D eigenvalue weighted by atomic mass is 32.2. The second-order valence-corrected chi connectivity index (χ2v) is 8.03. The predicted octanol–water partition coefficient (Wildman–Crippen LogP) is 3.86. The van der Waals surface area contributed by atoms with Gasteiger partial charge in [0.2, 0.25) is 5.91 Å².